The van der Waals surface area contributed by atoms with Crippen molar-refractivity contribution in [2.24, 2.45) is 0 Å². The maximum Gasteiger partial charge on any atom is 0.243 e. The number of hydrogen-bond donors (Lipinski definition) is 0. The molecule has 0 bridgehead atoms. The molecule has 4 rings (SSSR count). The average Bonchev–Trinajstić information content (AvgIpc) is 2.75. The van der Waals surface area contributed by atoms with Gasteiger partial charge in [-0.2, -0.15) is 9.29 Å². The summed E-state index contributed by atoms with van der Waals surface area (Å²) in [5, 5.41) is 0.462. The summed E-state index contributed by atoms with van der Waals surface area (Å²) in [6.07, 6.45) is 0. The lowest BCUT2D eigenvalue weighted by Crippen LogP contribution is -2.49. The summed E-state index contributed by atoms with van der Waals surface area (Å²) in [6.45, 7) is 9.60. The number of likely N-dealkylation sites (N-methyl/N-ethyl adjacent to an activating group) is 1. The molecule has 0 radical (unpaired) electrons. The van der Waals surface area contributed by atoms with Gasteiger partial charge in [0.1, 0.15) is 5.82 Å². The second kappa shape index (κ2) is 8.90. The van der Waals surface area contributed by atoms with Crippen LogP contribution >= 0.6 is 11.6 Å². The first-order chi connectivity index (χ1) is 14.7. The van der Waals surface area contributed by atoms with Crippen LogP contribution in [-0.2, 0) is 10.0 Å². The van der Waals surface area contributed by atoms with E-state index in [0.29, 0.717) is 37.1 Å². The molecule has 2 aliphatic heterocycles. The number of rotatable bonds is 4. The zero-order valence-electron chi connectivity index (χ0n) is 18.3. The molecule has 0 N–H and O–H groups in total. The van der Waals surface area contributed by atoms with Gasteiger partial charge in [0.2, 0.25) is 16.0 Å². The van der Waals surface area contributed by atoms with Crippen LogP contribution in [0.15, 0.2) is 29.2 Å². The Kier molecular flexibility index (Phi) is 6.39. The molecule has 0 saturated carbocycles. The molecule has 0 spiro atoms. The van der Waals surface area contributed by atoms with Gasteiger partial charge in [0, 0.05) is 69.1 Å². The van der Waals surface area contributed by atoms with E-state index in [1.54, 1.807) is 12.1 Å². The van der Waals surface area contributed by atoms with Crippen LogP contribution in [0.25, 0.3) is 0 Å². The number of piperazine rings is 2. The van der Waals surface area contributed by atoms with Crippen LogP contribution in [0.5, 0.6) is 0 Å². The number of sulfonamides is 1. The van der Waals surface area contributed by atoms with Crippen molar-refractivity contribution in [2.45, 2.75) is 18.7 Å². The van der Waals surface area contributed by atoms with Gasteiger partial charge in [0.05, 0.1) is 4.90 Å². The Bertz CT molecular complexity index is 1050. The second-order valence-electron chi connectivity index (χ2n) is 8.26. The lowest BCUT2D eigenvalue weighted by Gasteiger charge is -2.36. The highest BCUT2D eigenvalue weighted by Crippen LogP contribution is 2.25. The first kappa shape index (κ1) is 22.3. The second-order valence-corrected chi connectivity index (χ2v) is 10.6. The summed E-state index contributed by atoms with van der Waals surface area (Å²) < 4.78 is 27.6. The Labute approximate surface area is 189 Å². The van der Waals surface area contributed by atoms with Crippen molar-refractivity contribution in [3.63, 3.8) is 0 Å². The third-order valence-corrected chi connectivity index (χ3v) is 8.26. The van der Waals surface area contributed by atoms with Crippen molar-refractivity contribution in [3.05, 3.63) is 40.5 Å². The molecule has 1 aromatic heterocycles. The molecule has 1 aromatic carbocycles. The molecular formula is C21H29ClN6O2S. The van der Waals surface area contributed by atoms with Gasteiger partial charge in [-0.15, -0.1) is 0 Å². The Morgan fingerprint density at radius 3 is 2.16 bits per heavy atom. The lowest BCUT2D eigenvalue weighted by molar-refractivity contribution is 0.312. The molecule has 0 unspecified atom stereocenters. The number of aryl methyl sites for hydroxylation is 2. The molecule has 2 saturated heterocycles. The van der Waals surface area contributed by atoms with Crippen LogP contribution in [0.3, 0.4) is 0 Å². The molecule has 0 amide bonds. The third-order valence-electron chi connectivity index (χ3n) is 5.96. The molecule has 10 heteroatoms. The highest BCUT2D eigenvalue weighted by atomic mass is 35.5. The highest BCUT2D eigenvalue weighted by Gasteiger charge is 2.30. The number of aromatic nitrogens is 2. The number of benzene rings is 1. The predicted octanol–water partition coefficient (Wildman–Crippen LogP) is 2.01. The largest absolute Gasteiger partial charge is 0.354 e. The maximum absolute atomic E-state index is 13.0. The van der Waals surface area contributed by atoms with Gasteiger partial charge in [-0.3, -0.25) is 0 Å². The number of anilines is 2. The predicted molar refractivity (Wildman–Crippen MR) is 124 cm³/mol. The van der Waals surface area contributed by atoms with E-state index < -0.39 is 10.0 Å². The summed E-state index contributed by atoms with van der Waals surface area (Å²) in [4.78, 5) is 16.3. The summed E-state index contributed by atoms with van der Waals surface area (Å²) in [6, 6.07) is 6.92. The number of halogens is 1. The summed E-state index contributed by atoms with van der Waals surface area (Å²) in [5.41, 5.74) is 1.78. The fourth-order valence-corrected chi connectivity index (χ4v) is 5.58. The van der Waals surface area contributed by atoms with Crippen molar-refractivity contribution in [2.75, 3.05) is 69.2 Å². The minimum atomic E-state index is -3.58. The Hall–Kier alpha value is -1.94. The summed E-state index contributed by atoms with van der Waals surface area (Å²) in [5.74, 6) is 1.62. The van der Waals surface area contributed by atoms with Crippen molar-refractivity contribution in [1.29, 1.82) is 0 Å². The fourth-order valence-electron chi connectivity index (χ4n) is 3.89. The van der Waals surface area contributed by atoms with Crippen molar-refractivity contribution < 1.29 is 8.42 Å². The first-order valence-electron chi connectivity index (χ1n) is 10.5. The van der Waals surface area contributed by atoms with E-state index in [4.69, 9.17) is 16.6 Å². The molecular weight excluding hydrogens is 436 g/mol. The molecule has 2 aromatic rings. The maximum atomic E-state index is 13.0. The van der Waals surface area contributed by atoms with Gasteiger partial charge in [0.25, 0.3) is 0 Å². The van der Waals surface area contributed by atoms with Crippen LogP contribution in [0.2, 0.25) is 5.02 Å². The third kappa shape index (κ3) is 4.79. The van der Waals surface area contributed by atoms with Crippen LogP contribution in [0.1, 0.15) is 11.3 Å². The van der Waals surface area contributed by atoms with Crippen molar-refractivity contribution >= 4 is 33.4 Å². The van der Waals surface area contributed by atoms with E-state index in [2.05, 4.69) is 26.7 Å². The zero-order valence-corrected chi connectivity index (χ0v) is 19.8. The van der Waals surface area contributed by atoms with Crippen molar-refractivity contribution in [1.82, 2.24) is 19.2 Å². The summed E-state index contributed by atoms with van der Waals surface area (Å²) in [7, 11) is -1.45. The average molecular weight is 465 g/mol. The van der Waals surface area contributed by atoms with E-state index in [-0.39, 0.29) is 4.90 Å². The normalized spacial score (nSPS) is 19.1. The van der Waals surface area contributed by atoms with E-state index >= 15 is 0 Å². The Balaban J connectivity index is 1.46. The molecule has 31 heavy (non-hydrogen) atoms. The van der Waals surface area contributed by atoms with Gasteiger partial charge in [0.15, 0.2) is 0 Å². The monoisotopic (exact) mass is 464 g/mol. The molecule has 8 nitrogen and oxygen atoms in total. The van der Waals surface area contributed by atoms with Gasteiger partial charge in [-0.1, -0.05) is 17.7 Å². The van der Waals surface area contributed by atoms with Crippen LogP contribution < -0.4 is 9.80 Å². The van der Waals surface area contributed by atoms with E-state index in [0.717, 1.165) is 43.3 Å². The molecule has 0 atom stereocenters. The molecule has 168 valence electrons. The van der Waals surface area contributed by atoms with E-state index in [9.17, 15) is 8.42 Å². The van der Waals surface area contributed by atoms with Crippen LogP contribution in [0, 0.1) is 13.8 Å². The fraction of sp³-hybridized carbons (Fsp3) is 0.524. The number of nitrogens with zero attached hydrogens (tertiary/aromatic N) is 6. The standard InChI is InChI=1S/C21H29ClN6O2S/c1-16-4-5-18(15-19(16)22)31(29,30)28-12-10-27(11-13-28)21-23-17(2)14-20(24-21)26-8-6-25(3)7-9-26/h4-5,14-15H,6-13H2,1-3H3. The SMILES string of the molecule is Cc1cc(N2CCN(C)CC2)nc(N2CCN(S(=O)(=O)c3ccc(C)c(Cl)c3)CC2)n1. The van der Waals surface area contributed by atoms with Gasteiger partial charge < -0.3 is 14.7 Å². The Morgan fingerprint density at radius 1 is 0.871 bits per heavy atom. The van der Waals surface area contributed by atoms with Gasteiger partial charge in [-0.25, -0.2) is 13.4 Å². The van der Waals surface area contributed by atoms with E-state index in [1.807, 2.05) is 19.9 Å². The van der Waals surface area contributed by atoms with Crippen LogP contribution in [-0.4, -0.2) is 87.0 Å². The minimum absolute atomic E-state index is 0.237. The summed E-state index contributed by atoms with van der Waals surface area (Å²) >= 11 is 6.15. The first-order valence-corrected chi connectivity index (χ1v) is 12.4. The molecule has 2 fully saturated rings. The smallest absolute Gasteiger partial charge is 0.243 e. The molecule has 2 aliphatic rings. The highest BCUT2D eigenvalue weighted by molar-refractivity contribution is 7.89. The van der Waals surface area contributed by atoms with Gasteiger partial charge in [-0.05, 0) is 38.6 Å². The zero-order chi connectivity index (χ0) is 22.2. The minimum Gasteiger partial charge on any atom is -0.354 e. The van der Waals surface area contributed by atoms with Crippen molar-refractivity contribution in [3.8, 4) is 0 Å². The van der Waals surface area contributed by atoms with Gasteiger partial charge >= 0.3 is 0 Å². The number of hydrogen-bond acceptors (Lipinski definition) is 7. The quantitative estimate of drug-likeness (QED) is 0.685. The Morgan fingerprint density at radius 2 is 1.52 bits per heavy atom. The van der Waals surface area contributed by atoms with Crippen LogP contribution in [0.4, 0.5) is 11.8 Å². The molecule has 0 aliphatic carbocycles. The topological polar surface area (TPSA) is 72.9 Å². The molecule has 3 heterocycles. The van der Waals surface area contributed by atoms with E-state index in [1.165, 1.54) is 10.4 Å². The lowest BCUT2D eigenvalue weighted by atomic mass is 10.2.